The number of aromatic nitrogens is 2. The van der Waals surface area contributed by atoms with Gasteiger partial charge in [0.2, 0.25) is 5.95 Å². The lowest BCUT2D eigenvalue weighted by Crippen LogP contribution is -2.47. The van der Waals surface area contributed by atoms with E-state index >= 15 is 0 Å². The van der Waals surface area contributed by atoms with Gasteiger partial charge in [-0.25, -0.2) is 9.97 Å². The Labute approximate surface area is 178 Å². The van der Waals surface area contributed by atoms with E-state index in [1.807, 2.05) is 29.8 Å². The van der Waals surface area contributed by atoms with Gasteiger partial charge in [-0.2, -0.15) is 0 Å². The molecule has 0 unspecified atom stereocenters. The normalized spacial score (nSPS) is 15.5. The van der Waals surface area contributed by atoms with E-state index in [4.69, 9.17) is 4.99 Å². The molecule has 29 heavy (non-hydrogen) atoms. The summed E-state index contributed by atoms with van der Waals surface area (Å²) in [5.41, 5.74) is 0. The molecule has 3 heterocycles. The molecule has 0 saturated carbocycles. The Bertz CT molecular complexity index is 712. The molecule has 0 aliphatic carbocycles. The summed E-state index contributed by atoms with van der Waals surface area (Å²) >= 11 is 1.82. The van der Waals surface area contributed by atoms with E-state index in [1.165, 1.54) is 4.88 Å². The topological polar surface area (TPSA) is 59.9 Å². The predicted octanol–water partition coefficient (Wildman–Crippen LogP) is 2.19. The molecule has 7 nitrogen and oxygen atoms in total. The number of piperazine rings is 1. The Morgan fingerprint density at radius 3 is 2.69 bits per heavy atom. The van der Waals surface area contributed by atoms with Gasteiger partial charge in [-0.15, -0.1) is 11.3 Å². The van der Waals surface area contributed by atoms with Crippen LogP contribution >= 0.6 is 11.3 Å². The minimum Gasteiger partial charge on any atom is -0.357 e. The first kappa shape index (κ1) is 21.5. The van der Waals surface area contributed by atoms with Crippen LogP contribution in [0.25, 0.3) is 0 Å². The monoisotopic (exact) mass is 415 g/mol. The molecule has 1 saturated heterocycles. The first-order valence-electron chi connectivity index (χ1n) is 10.5. The number of likely N-dealkylation sites (N-methyl/N-ethyl adjacent to an activating group) is 1. The van der Waals surface area contributed by atoms with Crippen molar-refractivity contribution in [2.45, 2.75) is 19.8 Å². The van der Waals surface area contributed by atoms with Crippen LogP contribution in [0.3, 0.4) is 0 Å². The van der Waals surface area contributed by atoms with Crippen LogP contribution in [-0.4, -0.2) is 85.1 Å². The smallest absolute Gasteiger partial charge is 0.225 e. The van der Waals surface area contributed by atoms with E-state index in [9.17, 15) is 0 Å². The van der Waals surface area contributed by atoms with Gasteiger partial charge in [0.05, 0.1) is 0 Å². The third kappa shape index (κ3) is 6.97. The van der Waals surface area contributed by atoms with Gasteiger partial charge in [0.25, 0.3) is 0 Å². The van der Waals surface area contributed by atoms with E-state index in [2.05, 4.69) is 61.5 Å². The number of hydrogen-bond acceptors (Lipinski definition) is 6. The molecule has 0 bridgehead atoms. The van der Waals surface area contributed by atoms with Crippen molar-refractivity contribution >= 4 is 23.2 Å². The van der Waals surface area contributed by atoms with Crippen molar-refractivity contribution in [3.05, 3.63) is 40.8 Å². The predicted molar refractivity (Wildman–Crippen MR) is 122 cm³/mol. The lowest BCUT2D eigenvalue weighted by Gasteiger charge is -2.34. The van der Waals surface area contributed by atoms with Crippen molar-refractivity contribution in [3.8, 4) is 0 Å². The van der Waals surface area contributed by atoms with Gasteiger partial charge >= 0.3 is 0 Å². The number of nitrogens with zero attached hydrogens (tertiary/aromatic N) is 6. The van der Waals surface area contributed by atoms with Crippen molar-refractivity contribution in [2.75, 3.05) is 64.3 Å². The van der Waals surface area contributed by atoms with Crippen LogP contribution < -0.4 is 10.2 Å². The van der Waals surface area contributed by atoms with Crippen molar-refractivity contribution < 1.29 is 0 Å². The Morgan fingerprint density at radius 1 is 1.21 bits per heavy atom. The Hall–Kier alpha value is -2.19. The van der Waals surface area contributed by atoms with Gasteiger partial charge in [-0.3, -0.25) is 9.89 Å². The number of anilines is 1. The lowest BCUT2D eigenvalue weighted by atomic mass is 10.3. The molecule has 0 radical (unpaired) electrons. The maximum absolute atomic E-state index is 4.84. The van der Waals surface area contributed by atoms with Gasteiger partial charge in [0.1, 0.15) is 0 Å². The summed E-state index contributed by atoms with van der Waals surface area (Å²) in [6.07, 6.45) is 5.77. The molecule has 1 fully saturated rings. The third-order valence-electron chi connectivity index (χ3n) is 5.07. The second kappa shape index (κ2) is 11.7. The fourth-order valence-corrected chi connectivity index (χ4v) is 4.11. The van der Waals surface area contributed by atoms with E-state index < -0.39 is 0 Å². The average Bonchev–Trinajstić information content (AvgIpc) is 3.29. The van der Waals surface area contributed by atoms with Crippen LogP contribution in [0, 0.1) is 0 Å². The number of thiophene rings is 1. The van der Waals surface area contributed by atoms with Crippen molar-refractivity contribution in [3.63, 3.8) is 0 Å². The van der Waals surface area contributed by atoms with E-state index in [0.717, 1.165) is 77.1 Å². The zero-order valence-corrected chi connectivity index (χ0v) is 18.4. The molecule has 1 aliphatic heterocycles. The fraction of sp³-hybridized carbons (Fsp3) is 0.571. The average molecular weight is 416 g/mol. The summed E-state index contributed by atoms with van der Waals surface area (Å²) in [4.78, 5) is 22.0. The molecule has 3 rings (SSSR count). The zero-order chi connectivity index (χ0) is 20.3. The van der Waals surface area contributed by atoms with Crippen molar-refractivity contribution in [2.24, 2.45) is 4.99 Å². The fourth-order valence-electron chi connectivity index (χ4n) is 3.41. The van der Waals surface area contributed by atoms with Gasteiger partial charge in [0, 0.05) is 76.7 Å². The van der Waals surface area contributed by atoms with Crippen LogP contribution in [0.2, 0.25) is 0 Å². The molecular formula is C21H33N7S. The number of rotatable bonds is 9. The molecular weight excluding hydrogens is 382 g/mol. The molecule has 2 aromatic rings. The maximum atomic E-state index is 4.84. The molecule has 0 spiro atoms. The van der Waals surface area contributed by atoms with E-state index in [1.54, 1.807) is 0 Å². The second-order valence-electron chi connectivity index (χ2n) is 7.22. The number of hydrogen-bond donors (Lipinski definition) is 1. The molecule has 0 aromatic carbocycles. The summed E-state index contributed by atoms with van der Waals surface area (Å²) < 4.78 is 0. The third-order valence-corrected chi connectivity index (χ3v) is 6.01. The summed E-state index contributed by atoms with van der Waals surface area (Å²) in [7, 11) is 2.12. The van der Waals surface area contributed by atoms with Gasteiger partial charge in [0.15, 0.2) is 5.96 Å². The van der Waals surface area contributed by atoms with Crippen LogP contribution in [0.5, 0.6) is 0 Å². The van der Waals surface area contributed by atoms with Crippen LogP contribution in [-0.2, 0) is 6.42 Å². The molecule has 0 amide bonds. The minimum absolute atomic E-state index is 0.845. The van der Waals surface area contributed by atoms with E-state index in [0.29, 0.717) is 0 Å². The molecule has 8 heteroatoms. The first-order valence-corrected chi connectivity index (χ1v) is 11.4. The van der Waals surface area contributed by atoms with Gasteiger partial charge in [-0.1, -0.05) is 6.07 Å². The highest BCUT2D eigenvalue weighted by atomic mass is 32.1. The number of guanidine groups is 1. The molecule has 0 atom stereocenters. The highest BCUT2D eigenvalue weighted by Crippen LogP contribution is 2.10. The van der Waals surface area contributed by atoms with Crippen LogP contribution in [0.1, 0.15) is 18.2 Å². The Morgan fingerprint density at radius 2 is 2.00 bits per heavy atom. The summed E-state index contributed by atoms with van der Waals surface area (Å²) in [6.45, 7) is 10.0. The zero-order valence-electron chi connectivity index (χ0n) is 17.6. The molecule has 2 aromatic heterocycles. The quantitative estimate of drug-likeness (QED) is 0.385. The Balaban J connectivity index is 1.37. The summed E-state index contributed by atoms with van der Waals surface area (Å²) in [5, 5.41) is 5.56. The standard InChI is InChI=1S/C21H33N7S/c1-3-22-20(26(2)13-8-19-7-4-18-29-19)23-11-6-12-27-14-16-28(17-15-27)21-24-9-5-10-25-21/h4-5,7,9-10,18H,3,6,8,11-17H2,1-2H3,(H,22,23). The van der Waals surface area contributed by atoms with Crippen molar-refractivity contribution in [1.29, 1.82) is 0 Å². The number of aliphatic imine (C=N–C) groups is 1. The molecule has 1 aliphatic rings. The van der Waals surface area contributed by atoms with E-state index in [-0.39, 0.29) is 0 Å². The lowest BCUT2D eigenvalue weighted by molar-refractivity contribution is 0.255. The molecule has 1 N–H and O–H groups in total. The van der Waals surface area contributed by atoms with Crippen LogP contribution in [0.15, 0.2) is 41.0 Å². The summed E-state index contributed by atoms with van der Waals surface area (Å²) in [5.74, 6) is 1.85. The highest BCUT2D eigenvalue weighted by Gasteiger charge is 2.18. The van der Waals surface area contributed by atoms with Gasteiger partial charge in [-0.05, 0) is 37.3 Å². The first-order chi connectivity index (χ1) is 14.3. The van der Waals surface area contributed by atoms with Gasteiger partial charge < -0.3 is 15.1 Å². The molecule has 158 valence electrons. The Kier molecular flexibility index (Phi) is 8.70. The maximum Gasteiger partial charge on any atom is 0.225 e. The second-order valence-corrected chi connectivity index (χ2v) is 8.25. The van der Waals surface area contributed by atoms with Crippen molar-refractivity contribution in [1.82, 2.24) is 25.1 Å². The largest absolute Gasteiger partial charge is 0.357 e. The summed E-state index contributed by atoms with van der Waals surface area (Å²) in [6, 6.07) is 6.18. The highest BCUT2D eigenvalue weighted by molar-refractivity contribution is 7.09. The van der Waals surface area contributed by atoms with Crippen LogP contribution in [0.4, 0.5) is 5.95 Å². The SMILES string of the molecule is CCNC(=NCCCN1CCN(c2ncccn2)CC1)N(C)CCc1cccs1. The minimum atomic E-state index is 0.845. The number of nitrogens with one attached hydrogen (secondary N) is 1.